The van der Waals surface area contributed by atoms with Crippen LogP contribution in [-0.2, 0) is 0 Å². The van der Waals surface area contributed by atoms with Gasteiger partial charge in [0.05, 0.1) is 11.4 Å². The second kappa shape index (κ2) is 15.3. The Bertz CT molecular complexity index is 3420. The lowest BCUT2D eigenvalue weighted by Crippen LogP contribution is -2.12. The van der Waals surface area contributed by atoms with Crippen LogP contribution >= 0.6 is 0 Å². The third kappa shape index (κ3) is 6.34. The molecule has 2 nitrogen and oxygen atoms in total. The van der Waals surface area contributed by atoms with E-state index in [0.717, 1.165) is 34.1 Å². The van der Waals surface area contributed by atoms with E-state index in [1.54, 1.807) is 0 Å². The molecule has 0 N–H and O–H groups in total. The summed E-state index contributed by atoms with van der Waals surface area (Å²) in [6, 6.07) is 85.2. The van der Waals surface area contributed by atoms with Crippen LogP contribution in [0.4, 0.5) is 34.1 Å². The molecular weight excluding hydrogens is 773 g/mol. The lowest BCUT2D eigenvalue weighted by atomic mass is 9.85. The number of hydrogen-bond acceptors (Lipinski definition) is 2. The quantitative estimate of drug-likeness (QED) is 0.141. The van der Waals surface area contributed by atoms with Gasteiger partial charge < -0.3 is 9.80 Å². The summed E-state index contributed by atoms with van der Waals surface area (Å²) in [6.07, 6.45) is 0. The van der Waals surface area contributed by atoms with Crippen LogP contribution in [0.15, 0.2) is 231 Å². The Morgan fingerprint density at radius 2 is 0.625 bits per heavy atom. The van der Waals surface area contributed by atoms with Gasteiger partial charge in [0, 0.05) is 44.3 Å². The summed E-state index contributed by atoms with van der Waals surface area (Å²) in [6.45, 7) is 4.33. The first-order valence-electron chi connectivity index (χ1n) is 22.2. The molecule has 0 atom stereocenters. The fourth-order valence-corrected chi connectivity index (χ4v) is 9.91. The Morgan fingerprint density at radius 3 is 1.03 bits per heavy atom. The summed E-state index contributed by atoms with van der Waals surface area (Å²) in [4.78, 5) is 4.92. The lowest BCUT2D eigenvalue weighted by molar-refractivity contribution is 1.30. The van der Waals surface area contributed by atoms with Crippen LogP contribution in [0.5, 0.6) is 0 Å². The van der Waals surface area contributed by atoms with E-state index in [9.17, 15) is 0 Å². The van der Waals surface area contributed by atoms with Crippen LogP contribution in [0.25, 0.3) is 76.1 Å². The summed E-state index contributed by atoms with van der Waals surface area (Å²) < 4.78 is 0. The number of fused-ring (bicyclic) bond motifs is 2. The molecule has 302 valence electrons. The summed E-state index contributed by atoms with van der Waals surface area (Å²) in [7, 11) is 0. The van der Waals surface area contributed by atoms with Gasteiger partial charge in [-0.25, -0.2) is 0 Å². The standard InChI is InChI=1S/C62H44N2/c1-41-21-25-45(26-22-41)57-39-59(63(49-17-5-3-6-18-49)51-31-29-43-13-9-11-15-47(43)37-51)55-36-34-54-58(46-27-23-42(2)24-28-46)40-60(56-35-33-53(57)61(55)62(54)56)64(50-19-7-4-8-20-50)52-32-30-44-14-10-12-16-48(44)38-52/h3-40H,1-2H3. The van der Waals surface area contributed by atoms with Crippen molar-refractivity contribution in [2.45, 2.75) is 13.8 Å². The Labute approximate surface area is 373 Å². The average Bonchev–Trinajstić information content (AvgIpc) is 3.35. The molecule has 0 aliphatic heterocycles. The first-order chi connectivity index (χ1) is 31.6. The zero-order valence-electron chi connectivity index (χ0n) is 35.8. The molecule has 0 aliphatic carbocycles. The smallest absolute Gasteiger partial charge is 0.0546 e. The maximum atomic E-state index is 2.46. The molecule has 0 unspecified atom stereocenters. The Morgan fingerprint density at radius 1 is 0.266 bits per heavy atom. The molecule has 0 aromatic heterocycles. The van der Waals surface area contributed by atoms with Crippen LogP contribution in [0.3, 0.4) is 0 Å². The second-order valence-electron chi connectivity index (χ2n) is 17.1. The van der Waals surface area contributed by atoms with Gasteiger partial charge in [-0.05, 0) is 129 Å². The topological polar surface area (TPSA) is 6.48 Å². The van der Waals surface area contributed by atoms with Crippen molar-refractivity contribution in [2.75, 3.05) is 9.80 Å². The zero-order chi connectivity index (χ0) is 42.7. The SMILES string of the molecule is Cc1ccc(-c2cc(N(c3ccccc3)c3ccc4ccccc4c3)c3ccc4c(-c5ccc(C)cc5)cc(N(c5ccccc5)c5ccc6ccccc6c5)c5ccc2c3c45)cc1. The molecule has 2 heteroatoms. The maximum Gasteiger partial charge on any atom is 0.0546 e. The molecular formula is C62H44N2. The highest BCUT2D eigenvalue weighted by molar-refractivity contribution is 6.32. The minimum absolute atomic E-state index is 1.11. The number of rotatable bonds is 8. The summed E-state index contributed by atoms with van der Waals surface area (Å²) >= 11 is 0. The maximum absolute atomic E-state index is 2.46. The fraction of sp³-hybridized carbons (Fsp3) is 0.0323. The third-order valence-corrected chi connectivity index (χ3v) is 13.1. The molecule has 0 amide bonds. The van der Waals surface area contributed by atoms with Crippen molar-refractivity contribution < 1.29 is 0 Å². The van der Waals surface area contributed by atoms with Gasteiger partial charge in [-0.3, -0.25) is 0 Å². The van der Waals surface area contributed by atoms with Crippen LogP contribution in [0, 0.1) is 13.8 Å². The Balaban J connectivity index is 1.23. The summed E-state index contributed by atoms with van der Waals surface area (Å²) in [5.41, 5.74) is 14.0. The van der Waals surface area contributed by atoms with Crippen molar-refractivity contribution in [2.24, 2.45) is 0 Å². The van der Waals surface area contributed by atoms with Crippen LogP contribution in [0.1, 0.15) is 11.1 Å². The summed E-state index contributed by atoms with van der Waals surface area (Å²) in [5, 5.41) is 12.2. The minimum Gasteiger partial charge on any atom is -0.310 e. The molecule has 0 saturated heterocycles. The molecule has 12 aromatic carbocycles. The van der Waals surface area contributed by atoms with E-state index in [4.69, 9.17) is 0 Å². The van der Waals surface area contributed by atoms with E-state index in [1.165, 1.54) is 87.2 Å². The van der Waals surface area contributed by atoms with Gasteiger partial charge in [-0.15, -0.1) is 0 Å². The molecule has 12 rings (SSSR count). The molecule has 0 bridgehead atoms. The Kier molecular flexibility index (Phi) is 8.98. The molecule has 12 aromatic rings. The number of nitrogens with zero attached hydrogens (tertiary/aromatic N) is 2. The van der Waals surface area contributed by atoms with Gasteiger partial charge in [0.1, 0.15) is 0 Å². The number of para-hydroxylation sites is 2. The number of hydrogen-bond donors (Lipinski definition) is 0. The third-order valence-electron chi connectivity index (χ3n) is 13.1. The van der Waals surface area contributed by atoms with E-state index >= 15 is 0 Å². The van der Waals surface area contributed by atoms with Crippen molar-refractivity contribution in [3.05, 3.63) is 242 Å². The van der Waals surface area contributed by atoms with Crippen molar-refractivity contribution >= 4 is 88.0 Å². The van der Waals surface area contributed by atoms with Gasteiger partial charge in [-0.1, -0.05) is 181 Å². The normalized spacial score (nSPS) is 11.6. The molecule has 0 radical (unpaired) electrons. The van der Waals surface area contributed by atoms with Crippen molar-refractivity contribution in [3.8, 4) is 22.3 Å². The van der Waals surface area contributed by atoms with Gasteiger partial charge >= 0.3 is 0 Å². The van der Waals surface area contributed by atoms with E-state index in [0.29, 0.717) is 0 Å². The van der Waals surface area contributed by atoms with E-state index < -0.39 is 0 Å². The van der Waals surface area contributed by atoms with Gasteiger partial charge in [0.15, 0.2) is 0 Å². The van der Waals surface area contributed by atoms with Gasteiger partial charge in [0.25, 0.3) is 0 Å². The molecule has 0 heterocycles. The summed E-state index contributed by atoms with van der Waals surface area (Å²) in [5.74, 6) is 0. The second-order valence-corrected chi connectivity index (χ2v) is 17.1. The minimum atomic E-state index is 1.11. The Hall–Kier alpha value is -8.20. The van der Waals surface area contributed by atoms with E-state index in [2.05, 4.69) is 254 Å². The molecule has 0 fully saturated rings. The number of aryl methyl sites for hydroxylation is 2. The zero-order valence-corrected chi connectivity index (χ0v) is 35.8. The van der Waals surface area contributed by atoms with Crippen molar-refractivity contribution in [1.82, 2.24) is 0 Å². The van der Waals surface area contributed by atoms with Gasteiger partial charge in [-0.2, -0.15) is 0 Å². The highest BCUT2D eigenvalue weighted by Crippen LogP contribution is 2.52. The highest BCUT2D eigenvalue weighted by atomic mass is 15.1. The number of anilines is 6. The average molecular weight is 817 g/mol. The predicted molar refractivity (Wildman–Crippen MR) is 275 cm³/mol. The first-order valence-corrected chi connectivity index (χ1v) is 22.2. The highest BCUT2D eigenvalue weighted by Gasteiger charge is 2.26. The van der Waals surface area contributed by atoms with Crippen molar-refractivity contribution in [3.63, 3.8) is 0 Å². The van der Waals surface area contributed by atoms with Gasteiger partial charge in [0.2, 0.25) is 0 Å². The number of benzene rings is 12. The fourth-order valence-electron chi connectivity index (χ4n) is 9.91. The van der Waals surface area contributed by atoms with E-state index in [1.807, 2.05) is 0 Å². The van der Waals surface area contributed by atoms with E-state index in [-0.39, 0.29) is 0 Å². The van der Waals surface area contributed by atoms with Crippen LogP contribution < -0.4 is 9.80 Å². The van der Waals surface area contributed by atoms with Crippen LogP contribution in [0.2, 0.25) is 0 Å². The predicted octanol–water partition coefficient (Wildman–Crippen LogP) is 17.8. The first kappa shape index (κ1) is 37.6. The molecule has 0 aliphatic rings. The molecule has 0 spiro atoms. The molecule has 0 saturated carbocycles. The van der Waals surface area contributed by atoms with Crippen LogP contribution in [-0.4, -0.2) is 0 Å². The lowest BCUT2D eigenvalue weighted by Gasteiger charge is -2.31. The molecule has 64 heavy (non-hydrogen) atoms. The largest absolute Gasteiger partial charge is 0.310 e. The van der Waals surface area contributed by atoms with Crippen molar-refractivity contribution in [1.29, 1.82) is 0 Å². The monoisotopic (exact) mass is 816 g/mol.